The van der Waals surface area contributed by atoms with Gasteiger partial charge in [-0.2, -0.15) is 10.4 Å². The van der Waals surface area contributed by atoms with Gasteiger partial charge in [-0.15, -0.1) is 5.11 Å². The van der Waals surface area contributed by atoms with E-state index in [4.69, 9.17) is 21.1 Å². The van der Waals surface area contributed by atoms with Gasteiger partial charge in [0, 0.05) is 17.1 Å². The normalized spacial score (nSPS) is 10.9. The zero-order valence-corrected chi connectivity index (χ0v) is 19.5. The maximum atomic E-state index is 13.1. The molecule has 0 spiro atoms. The van der Waals surface area contributed by atoms with Crippen LogP contribution in [0.5, 0.6) is 17.4 Å². The molecule has 0 saturated carbocycles. The van der Waals surface area contributed by atoms with Gasteiger partial charge in [0.15, 0.2) is 17.2 Å². The molecule has 1 aromatic heterocycles. The molecule has 0 saturated heterocycles. The van der Waals surface area contributed by atoms with Gasteiger partial charge >= 0.3 is 0 Å². The standard InChI is InChI=1S/C24H23ClN4O4/c1-14-5-7-17(12-19(14)25)27-28-22-15(2)18(13-26)23(30)29(24(22)31)10-9-16-6-8-20(32-3)21(11-16)33-4/h5-8,11-12,30H,9-10H2,1-4H3. The smallest absolute Gasteiger partial charge is 0.281 e. The van der Waals surface area contributed by atoms with Crippen LogP contribution in [-0.4, -0.2) is 23.9 Å². The van der Waals surface area contributed by atoms with Crippen molar-refractivity contribution in [2.45, 2.75) is 26.8 Å². The highest BCUT2D eigenvalue weighted by Crippen LogP contribution is 2.30. The van der Waals surface area contributed by atoms with Crippen LogP contribution in [0.25, 0.3) is 0 Å². The van der Waals surface area contributed by atoms with E-state index in [0.717, 1.165) is 15.7 Å². The van der Waals surface area contributed by atoms with Crippen molar-refractivity contribution in [3.05, 3.63) is 74.0 Å². The first-order valence-electron chi connectivity index (χ1n) is 10.1. The predicted octanol–water partition coefficient (Wildman–Crippen LogP) is 5.37. The summed E-state index contributed by atoms with van der Waals surface area (Å²) in [6.45, 7) is 3.53. The highest BCUT2D eigenvalue weighted by Gasteiger charge is 2.19. The number of azo groups is 1. The summed E-state index contributed by atoms with van der Waals surface area (Å²) in [7, 11) is 3.08. The summed E-state index contributed by atoms with van der Waals surface area (Å²) >= 11 is 6.13. The Balaban J connectivity index is 1.99. The van der Waals surface area contributed by atoms with Gasteiger partial charge in [0.05, 0.1) is 19.9 Å². The molecule has 0 fully saturated rings. The third-order valence-corrected chi connectivity index (χ3v) is 5.67. The number of hydrogen-bond acceptors (Lipinski definition) is 7. The Kier molecular flexibility index (Phi) is 7.36. The number of halogens is 1. The summed E-state index contributed by atoms with van der Waals surface area (Å²) in [5.74, 6) is 0.736. The summed E-state index contributed by atoms with van der Waals surface area (Å²) < 4.78 is 11.7. The van der Waals surface area contributed by atoms with E-state index < -0.39 is 11.4 Å². The number of rotatable bonds is 7. The lowest BCUT2D eigenvalue weighted by Crippen LogP contribution is -2.23. The van der Waals surface area contributed by atoms with Crippen LogP contribution < -0.4 is 15.0 Å². The average Bonchev–Trinajstić information content (AvgIpc) is 2.81. The number of aromatic nitrogens is 1. The van der Waals surface area contributed by atoms with Crippen LogP contribution in [0, 0.1) is 25.2 Å². The quantitative estimate of drug-likeness (QED) is 0.470. The second-order valence-electron chi connectivity index (χ2n) is 7.31. The molecule has 0 radical (unpaired) electrons. The van der Waals surface area contributed by atoms with Gasteiger partial charge < -0.3 is 14.6 Å². The first kappa shape index (κ1) is 23.8. The highest BCUT2D eigenvalue weighted by atomic mass is 35.5. The third-order valence-electron chi connectivity index (χ3n) is 5.26. The van der Waals surface area contributed by atoms with Crippen LogP contribution >= 0.6 is 11.6 Å². The van der Waals surface area contributed by atoms with Crippen molar-refractivity contribution in [3.8, 4) is 23.4 Å². The second-order valence-corrected chi connectivity index (χ2v) is 7.72. The molecule has 9 heteroatoms. The Morgan fingerprint density at radius 2 is 1.82 bits per heavy atom. The number of methoxy groups -OCH3 is 2. The molecule has 0 unspecified atom stereocenters. The number of aromatic hydroxyl groups is 1. The first-order chi connectivity index (χ1) is 15.8. The SMILES string of the molecule is COc1ccc(CCn2c(O)c(C#N)c(C)c(N=Nc3ccc(C)c(Cl)c3)c2=O)cc1OC. The predicted molar refractivity (Wildman–Crippen MR) is 125 cm³/mol. The van der Waals surface area contributed by atoms with Crippen molar-refractivity contribution in [3.63, 3.8) is 0 Å². The van der Waals surface area contributed by atoms with Gasteiger partial charge in [0.1, 0.15) is 11.6 Å². The van der Waals surface area contributed by atoms with E-state index in [9.17, 15) is 15.2 Å². The zero-order valence-electron chi connectivity index (χ0n) is 18.7. The molecule has 3 aromatic rings. The maximum absolute atomic E-state index is 13.1. The van der Waals surface area contributed by atoms with E-state index in [1.54, 1.807) is 44.4 Å². The fourth-order valence-electron chi connectivity index (χ4n) is 3.29. The summed E-state index contributed by atoms with van der Waals surface area (Å²) in [6.07, 6.45) is 0.395. The van der Waals surface area contributed by atoms with E-state index in [0.29, 0.717) is 28.6 Å². The Morgan fingerprint density at radius 3 is 2.45 bits per heavy atom. The molecule has 0 aliphatic rings. The van der Waals surface area contributed by atoms with Crippen LogP contribution in [0.2, 0.25) is 5.02 Å². The fourth-order valence-corrected chi connectivity index (χ4v) is 3.47. The number of pyridine rings is 1. The number of nitrogens with zero attached hydrogens (tertiary/aromatic N) is 4. The van der Waals surface area contributed by atoms with Gasteiger partial charge in [-0.25, -0.2) is 0 Å². The van der Waals surface area contributed by atoms with Crippen LogP contribution in [0.3, 0.4) is 0 Å². The molecule has 0 atom stereocenters. The average molecular weight is 467 g/mol. The van der Waals surface area contributed by atoms with Gasteiger partial charge in [0.25, 0.3) is 5.56 Å². The van der Waals surface area contributed by atoms with E-state index >= 15 is 0 Å². The van der Waals surface area contributed by atoms with Gasteiger partial charge in [-0.1, -0.05) is 23.7 Å². The Hall–Kier alpha value is -3.83. The number of aryl methyl sites for hydroxylation is 2. The summed E-state index contributed by atoms with van der Waals surface area (Å²) in [4.78, 5) is 13.1. The van der Waals surface area contributed by atoms with Crippen LogP contribution in [0.1, 0.15) is 22.3 Å². The van der Waals surface area contributed by atoms with E-state index in [1.165, 1.54) is 7.11 Å². The topological polar surface area (TPSA) is 109 Å². The zero-order chi connectivity index (χ0) is 24.1. The highest BCUT2D eigenvalue weighted by molar-refractivity contribution is 6.31. The number of ether oxygens (including phenoxy) is 2. The summed E-state index contributed by atoms with van der Waals surface area (Å²) in [5.41, 5.74) is 1.87. The molecule has 33 heavy (non-hydrogen) atoms. The Bertz CT molecular complexity index is 1330. The van der Waals surface area contributed by atoms with Gasteiger partial charge in [-0.05, 0) is 55.7 Å². The molecule has 1 N–H and O–H groups in total. The van der Waals surface area contributed by atoms with Crippen LogP contribution in [0.15, 0.2) is 51.4 Å². The summed E-state index contributed by atoms with van der Waals surface area (Å²) in [6, 6.07) is 12.5. The number of benzene rings is 2. The minimum atomic E-state index is -0.550. The van der Waals surface area contributed by atoms with E-state index in [1.807, 2.05) is 19.1 Å². The maximum Gasteiger partial charge on any atom is 0.281 e. The van der Waals surface area contributed by atoms with Crippen molar-refractivity contribution in [1.29, 1.82) is 5.26 Å². The fraction of sp³-hybridized carbons (Fsp3) is 0.250. The van der Waals surface area contributed by atoms with Crippen molar-refractivity contribution < 1.29 is 14.6 Å². The molecule has 0 aliphatic heterocycles. The molecule has 0 amide bonds. The van der Waals surface area contributed by atoms with Crippen LogP contribution in [0.4, 0.5) is 11.4 Å². The first-order valence-corrected chi connectivity index (χ1v) is 10.4. The molecule has 170 valence electrons. The van der Waals surface area contributed by atoms with Gasteiger partial charge in [0.2, 0.25) is 5.88 Å². The minimum Gasteiger partial charge on any atom is -0.493 e. The molecule has 3 rings (SSSR count). The number of hydrogen-bond donors (Lipinski definition) is 1. The molecule has 8 nitrogen and oxygen atoms in total. The monoisotopic (exact) mass is 466 g/mol. The van der Waals surface area contributed by atoms with Crippen LogP contribution in [-0.2, 0) is 13.0 Å². The summed E-state index contributed by atoms with van der Waals surface area (Å²) in [5, 5.41) is 28.9. The Labute approximate surface area is 196 Å². The second kappa shape index (κ2) is 10.2. The lowest BCUT2D eigenvalue weighted by Gasteiger charge is -2.14. The van der Waals surface area contributed by atoms with E-state index in [-0.39, 0.29) is 23.4 Å². The lowest BCUT2D eigenvalue weighted by atomic mass is 10.1. The molecule has 0 bridgehead atoms. The van der Waals surface area contributed by atoms with Crippen molar-refractivity contribution in [2.75, 3.05) is 14.2 Å². The molecule has 1 heterocycles. The molecule has 0 aliphatic carbocycles. The van der Waals surface area contributed by atoms with Crippen molar-refractivity contribution in [1.82, 2.24) is 4.57 Å². The molecule has 2 aromatic carbocycles. The Morgan fingerprint density at radius 1 is 1.09 bits per heavy atom. The van der Waals surface area contributed by atoms with Crippen molar-refractivity contribution in [2.24, 2.45) is 10.2 Å². The third kappa shape index (κ3) is 4.99. The van der Waals surface area contributed by atoms with E-state index in [2.05, 4.69) is 10.2 Å². The molecular weight excluding hydrogens is 444 g/mol. The lowest BCUT2D eigenvalue weighted by molar-refractivity contribution is 0.354. The minimum absolute atomic E-state index is 0.0200. The van der Waals surface area contributed by atoms with Crippen molar-refractivity contribution >= 4 is 23.0 Å². The largest absolute Gasteiger partial charge is 0.493 e. The molecular formula is C24H23ClN4O4. The number of nitriles is 1. The van der Waals surface area contributed by atoms with Gasteiger partial charge in [-0.3, -0.25) is 9.36 Å².